The Bertz CT molecular complexity index is 549. The largest absolute Gasteiger partial charge is 0.313 e. The fourth-order valence-electron chi connectivity index (χ4n) is 1.88. The third kappa shape index (κ3) is 3.78. The summed E-state index contributed by atoms with van der Waals surface area (Å²) in [5.74, 6) is 0. The minimum atomic E-state index is 0.328. The summed E-state index contributed by atoms with van der Waals surface area (Å²) in [6.45, 7) is 6.24. The molecule has 0 amide bonds. The molecule has 0 saturated heterocycles. The Morgan fingerprint density at radius 1 is 1.16 bits per heavy atom. The maximum Gasteiger partial charge on any atom is 0.103 e. The Morgan fingerprint density at radius 2 is 1.95 bits per heavy atom. The lowest BCUT2D eigenvalue weighted by Gasteiger charge is -2.11. The molecule has 0 aromatic carbocycles. The molecule has 2 rings (SSSR count). The maximum absolute atomic E-state index is 4.53. The van der Waals surface area contributed by atoms with Crippen LogP contribution in [0, 0.1) is 13.8 Å². The Kier molecular flexibility index (Phi) is 4.56. The van der Waals surface area contributed by atoms with Gasteiger partial charge in [-0.25, -0.2) is 9.97 Å². The van der Waals surface area contributed by atoms with Crippen molar-refractivity contribution in [3.05, 3.63) is 47.3 Å². The molecule has 0 aliphatic rings. The number of nitrogens with one attached hydrogen (secondary N) is 1. The second kappa shape index (κ2) is 6.17. The smallest absolute Gasteiger partial charge is 0.103 e. The molecule has 0 aliphatic carbocycles. The van der Waals surface area contributed by atoms with Crippen molar-refractivity contribution >= 4 is 11.8 Å². The van der Waals surface area contributed by atoms with Gasteiger partial charge in [0, 0.05) is 17.9 Å². The summed E-state index contributed by atoms with van der Waals surface area (Å²) in [7, 11) is 1.96. The molecule has 19 heavy (non-hydrogen) atoms. The van der Waals surface area contributed by atoms with E-state index in [1.807, 2.05) is 26.2 Å². The Balaban J connectivity index is 2.23. The van der Waals surface area contributed by atoms with Crippen LogP contribution in [0.3, 0.4) is 0 Å². The predicted molar refractivity (Wildman–Crippen MR) is 79.5 cm³/mol. The van der Waals surface area contributed by atoms with Gasteiger partial charge in [-0.15, -0.1) is 0 Å². The topological polar surface area (TPSA) is 37.8 Å². The highest BCUT2D eigenvalue weighted by atomic mass is 32.2. The van der Waals surface area contributed by atoms with Crippen molar-refractivity contribution in [3.8, 4) is 0 Å². The van der Waals surface area contributed by atoms with E-state index >= 15 is 0 Å². The molecule has 1 atom stereocenters. The van der Waals surface area contributed by atoms with Crippen molar-refractivity contribution < 1.29 is 0 Å². The second-order valence-electron chi connectivity index (χ2n) is 4.66. The molecule has 3 nitrogen and oxygen atoms in total. The Morgan fingerprint density at radius 3 is 2.63 bits per heavy atom. The van der Waals surface area contributed by atoms with Crippen LogP contribution in [0.1, 0.15) is 29.8 Å². The number of pyridine rings is 2. The van der Waals surface area contributed by atoms with Crippen LogP contribution in [-0.4, -0.2) is 17.0 Å². The number of nitrogens with zero attached hydrogens (tertiary/aromatic N) is 2. The maximum atomic E-state index is 4.53. The first-order valence-electron chi connectivity index (χ1n) is 6.35. The van der Waals surface area contributed by atoms with Crippen molar-refractivity contribution in [1.82, 2.24) is 15.3 Å². The van der Waals surface area contributed by atoms with Gasteiger partial charge in [-0.3, -0.25) is 0 Å². The first-order chi connectivity index (χ1) is 9.08. The Labute approximate surface area is 118 Å². The molecule has 2 heterocycles. The second-order valence-corrected chi connectivity index (χ2v) is 5.70. The summed E-state index contributed by atoms with van der Waals surface area (Å²) in [4.78, 5) is 8.94. The van der Waals surface area contributed by atoms with Crippen LogP contribution in [0.5, 0.6) is 0 Å². The van der Waals surface area contributed by atoms with Crippen molar-refractivity contribution in [2.24, 2.45) is 0 Å². The number of hydrogen-bond donors (Lipinski definition) is 1. The van der Waals surface area contributed by atoms with Crippen LogP contribution < -0.4 is 5.32 Å². The minimum absolute atomic E-state index is 0.328. The molecule has 0 spiro atoms. The lowest BCUT2D eigenvalue weighted by atomic mass is 10.1. The van der Waals surface area contributed by atoms with E-state index in [4.69, 9.17) is 0 Å². The molecule has 1 unspecified atom stereocenters. The van der Waals surface area contributed by atoms with Crippen LogP contribution in [0.4, 0.5) is 0 Å². The molecule has 4 heteroatoms. The highest BCUT2D eigenvalue weighted by molar-refractivity contribution is 7.99. The van der Waals surface area contributed by atoms with Crippen molar-refractivity contribution in [1.29, 1.82) is 0 Å². The molecule has 1 N–H and O–H groups in total. The van der Waals surface area contributed by atoms with Gasteiger partial charge in [0.05, 0.1) is 0 Å². The number of aromatic nitrogens is 2. The predicted octanol–water partition coefficient (Wildman–Crippen LogP) is 3.53. The summed E-state index contributed by atoms with van der Waals surface area (Å²) < 4.78 is 0. The molecule has 2 aromatic heterocycles. The zero-order valence-electron chi connectivity index (χ0n) is 11.8. The monoisotopic (exact) mass is 273 g/mol. The van der Waals surface area contributed by atoms with Gasteiger partial charge in [-0.05, 0) is 63.2 Å². The summed E-state index contributed by atoms with van der Waals surface area (Å²) >= 11 is 1.61. The van der Waals surface area contributed by atoms with Gasteiger partial charge in [0.15, 0.2) is 0 Å². The quantitative estimate of drug-likeness (QED) is 0.925. The van der Waals surface area contributed by atoms with Gasteiger partial charge in [-0.2, -0.15) is 0 Å². The van der Waals surface area contributed by atoms with Gasteiger partial charge in [0.2, 0.25) is 0 Å². The first kappa shape index (κ1) is 14.0. The highest BCUT2D eigenvalue weighted by Crippen LogP contribution is 2.27. The number of rotatable bonds is 4. The SMILES string of the molecule is CNC(C)c1ccnc(Sc2cc(C)cc(C)n2)c1. The van der Waals surface area contributed by atoms with Crippen LogP contribution >= 0.6 is 11.8 Å². The molecular formula is C15H19N3S. The summed E-state index contributed by atoms with van der Waals surface area (Å²) in [6.07, 6.45) is 1.86. The van der Waals surface area contributed by atoms with Gasteiger partial charge in [-0.1, -0.05) is 11.8 Å². The molecule has 0 saturated carbocycles. The normalized spacial score (nSPS) is 12.4. The van der Waals surface area contributed by atoms with E-state index in [2.05, 4.69) is 47.3 Å². The lowest BCUT2D eigenvalue weighted by molar-refractivity contribution is 0.649. The fraction of sp³-hybridized carbons (Fsp3) is 0.333. The van der Waals surface area contributed by atoms with E-state index in [-0.39, 0.29) is 0 Å². The molecule has 2 aromatic rings. The zero-order chi connectivity index (χ0) is 13.8. The van der Waals surface area contributed by atoms with Crippen LogP contribution in [0.25, 0.3) is 0 Å². The molecule has 0 radical (unpaired) electrons. The average Bonchev–Trinajstić information content (AvgIpc) is 2.37. The first-order valence-corrected chi connectivity index (χ1v) is 7.16. The van der Waals surface area contributed by atoms with Crippen LogP contribution in [0.15, 0.2) is 40.5 Å². The third-order valence-corrected chi connectivity index (χ3v) is 3.83. The van der Waals surface area contributed by atoms with Crippen molar-refractivity contribution in [3.63, 3.8) is 0 Å². The molecule has 0 aliphatic heterocycles. The number of aryl methyl sites for hydroxylation is 2. The minimum Gasteiger partial charge on any atom is -0.313 e. The number of hydrogen-bond acceptors (Lipinski definition) is 4. The lowest BCUT2D eigenvalue weighted by Crippen LogP contribution is -2.12. The standard InChI is InChI=1S/C15H19N3S/c1-10-7-11(2)18-15(8-10)19-14-9-13(5-6-17-14)12(3)16-4/h5-9,12,16H,1-4H3. The van der Waals surface area contributed by atoms with E-state index in [1.165, 1.54) is 11.1 Å². The fourth-order valence-corrected chi connectivity index (χ4v) is 2.84. The van der Waals surface area contributed by atoms with Crippen molar-refractivity contribution in [2.45, 2.75) is 36.9 Å². The summed E-state index contributed by atoms with van der Waals surface area (Å²) in [5.41, 5.74) is 3.52. The molecular weight excluding hydrogens is 254 g/mol. The highest BCUT2D eigenvalue weighted by Gasteiger charge is 2.06. The zero-order valence-corrected chi connectivity index (χ0v) is 12.6. The summed E-state index contributed by atoms with van der Waals surface area (Å²) in [6, 6.07) is 8.66. The van der Waals surface area contributed by atoms with E-state index in [0.29, 0.717) is 6.04 Å². The average molecular weight is 273 g/mol. The van der Waals surface area contributed by atoms with Crippen LogP contribution in [0.2, 0.25) is 0 Å². The third-order valence-electron chi connectivity index (χ3n) is 2.98. The van der Waals surface area contributed by atoms with Crippen LogP contribution in [-0.2, 0) is 0 Å². The van der Waals surface area contributed by atoms with E-state index < -0.39 is 0 Å². The van der Waals surface area contributed by atoms with Gasteiger partial charge in [0.25, 0.3) is 0 Å². The van der Waals surface area contributed by atoms with Gasteiger partial charge >= 0.3 is 0 Å². The van der Waals surface area contributed by atoms with E-state index in [1.54, 1.807) is 11.8 Å². The molecule has 0 bridgehead atoms. The van der Waals surface area contributed by atoms with Gasteiger partial charge < -0.3 is 5.32 Å². The van der Waals surface area contributed by atoms with E-state index in [0.717, 1.165) is 15.7 Å². The summed E-state index contributed by atoms with van der Waals surface area (Å²) in [5, 5.41) is 5.22. The van der Waals surface area contributed by atoms with Gasteiger partial charge in [0.1, 0.15) is 10.1 Å². The molecule has 100 valence electrons. The Hall–Kier alpha value is -1.39. The van der Waals surface area contributed by atoms with E-state index in [9.17, 15) is 0 Å². The molecule has 0 fully saturated rings. The van der Waals surface area contributed by atoms with Crippen molar-refractivity contribution in [2.75, 3.05) is 7.05 Å².